The zero-order valence-electron chi connectivity index (χ0n) is 7.93. The summed E-state index contributed by atoms with van der Waals surface area (Å²) in [6, 6.07) is -1.00. The molecular formula is C7H14N2O4S. The minimum Gasteiger partial charge on any atom is -0.480 e. The first-order chi connectivity index (χ1) is 6.47. The maximum atomic E-state index is 11.3. The summed E-state index contributed by atoms with van der Waals surface area (Å²) in [6.07, 6.45) is 1.62. The first-order valence-corrected chi connectivity index (χ1v) is 5.91. The van der Waals surface area contributed by atoms with Crippen LogP contribution in [0.25, 0.3) is 0 Å². The van der Waals surface area contributed by atoms with E-state index < -0.39 is 22.2 Å². The number of hydrogen-bond acceptors (Lipinski definition) is 3. The summed E-state index contributed by atoms with van der Waals surface area (Å²) in [5.41, 5.74) is 0. The van der Waals surface area contributed by atoms with Gasteiger partial charge in [0.15, 0.2) is 0 Å². The van der Waals surface area contributed by atoms with Gasteiger partial charge in [0.25, 0.3) is 10.2 Å². The van der Waals surface area contributed by atoms with Crippen LogP contribution in [0.2, 0.25) is 0 Å². The SMILES string of the molecule is CCCCN1CC(C(=O)O)NS1(=O)=O. The first kappa shape index (κ1) is 11.4. The van der Waals surface area contributed by atoms with E-state index in [1.165, 1.54) is 4.31 Å². The molecule has 2 N–H and O–H groups in total. The maximum Gasteiger partial charge on any atom is 0.323 e. The van der Waals surface area contributed by atoms with Gasteiger partial charge in [-0.05, 0) is 6.42 Å². The van der Waals surface area contributed by atoms with Crippen LogP contribution < -0.4 is 4.72 Å². The summed E-state index contributed by atoms with van der Waals surface area (Å²) < 4.78 is 25.9. The fourth-order valence-electron chi connectivity index (χ4n) is 1.27. The van der Waals surface area contributed by atoms with E-state index in [9.17, 15) is 13.2 Å². The number of nitrogens with one attached hydrogen (secondary N) is 1. The van der Waals surface area contributed by atoms with Gasteiger partial charge in [0.1, 0.15) is 6.04 Å². The van der Waals surface area contributed by atoms with Crippen LogP contribution in [0, 0.1) is 0 Å². The standard InChI is InChI=1S/C7H14N2O4S/c1-2-3-4-9-5-6(7(10)11)8-14(9,12)13/h6,8H,2-5H2,1H3,(H,10,11). The van der Waals surface area contributed by atoms with E-state index in [0.29, 0.717) is 6.54 Å². The molecule has 0 aromatic rings. The predicted molar refractivity (Wildman–Crippen MR) is 50.0 cm³/mol. The molecule has 0 aromatic carbocycles. The average molecular weight is 222 g/mol. The molecule has 0 spiro atoms. The van der Waals surface area contributed by atoms with E-state index in [-0.39, 0.29) is 6.54 Å². The molecule has 0 aliphatic carbocycles. The Balaban J connectivity index is 2.65. The second kappa shape index (κ2) is 4.24. The van der Waals surface area contributed by atoms with Gasteiger partial charge in [0.05, 0.1) is 0 Å². The Morgan fingerprint density at radius 1 is 1.64 bits per heavy atom. The maximum absolute atomic E-state index is 11.3. The predicted octanol–water partition coefficient (Wildman–Crippen LogP) is -0.610. The number of carboxylic acids is 1. The molecule has 0 bridgehead atoms. The van der Waals surface area contributed by atoms with Gasteiger partial charge in [-0.2, -0.15) is 17.4 Å². The van der Waals surface area contributed by atoms with Crippen LogP contribution in [0.1, 0.15) is 19.8 Å². The van der Waals surface area contributed by atoms with Gasteiger partial charge in [0.2, 0.25) is 0 Å². The molecule has 0 aromatic heterocycles. The van der Waals surface area contributed by atoms with Crippen molar-refractivity contribution >= 4 is 16.2 Å². The fourth-order valence-corrected chi connectivity index (χ4v) is 2.67. The molecule has 1 aliphatic rings. The third kappa shape index (κ3) is 2.43. The van der Waals surface area contributed by atoms with Gasteiger partial charge in [-0.3, -0.25) is 4.79 Å². The minimum atomic E-state index is -3.55. The molecule has 1 atom stereocenters. The highest BCUT2D eigenvalue weighted by atomic mass is 32.2. The molecule has 1 aliphatic heterocycles. The summed E-state index contributed by atoms with van der Waals surface area (Å²) in [7, 11) is -3.55. The van der Waals surface area contributed by atoms with Gasteiger partial charge in [-0.1, -0.05) is 13.3 Å². The molecule has 0 saturated carbocycles. The highest BCUT2D eigenvalue weighted by molar-refractivity contribution is 7.87. The fraction of sp³-hybridized carbons (Fsp3) is 0.857. The molecule has 1 heterocycles. The van der Waals surface area contributed by atoms with E-state index in [1.54, 1.807) is 0 Å². The first-order valence-electron chi connectivity index (χ1n) is 4.47. The van der Waals surface area contributed by atoms with E-state index in [4.69, 9.17) is 5.11 Å². The van der Waals surface area contributed by atoms with Gasteiger partial charge < -0.3 is 5.11 Å². The van der Waals surface area contributed by atoms with Crippen LogP contribution in [0.3, 0.4) is 0 Å². The number of unbranched alkanes of at least 4 members (excludes halogenated alkanes) is 1. The zero-order chi connectivity index (χ0) is 10.8. The molecule has 1 unspecified atom stereocenters. The van der Waals surface area contributed by atoms with Crippen LogP contribution in [-0.4, -0.2) is 42.9 Å². The minimum absolute atomic E-state index is 0.0255. The Kier molecular flexibility index (Phi) is 3.46. The molecule has 82 valence electrons. The van der Waals surface area contributed by atoms with Gasteiger partial charge in [-0.15, -0.1) is 0 Å². The van der Waals surface area contributed by atoms with Gasteiger partial charge in [0, 0.05) is 13.1 Å². The van der Waals surface area contributed by atoms with Crippen LogP contribution in [0.15, 0.2) is 0 Å². The van der Waals surface area contributed by atoms with Crippen molar-refractivity contribution in [3.05, 3.63) is 0 Å². The normalized spacial score (nSPS) is 26.5. The van der Waals surface area contributed by atoms with Crippen molar-refractivity contribution < 1.29 is 18.3 Å². The van der Waals surface area contributed by atoms with Crippen LogP contribution >= 0.6 is 0 Å². The third-order valence-electron chi connectivity index (χ3n) is 2.08. The molecule has 14 heavy (non-hydrogen) atoms. The summed E-state index contributed by atoms with van der Waals surface area (Å²) in [5.74, 6) is -1.13. The van der Waals surface area contributed by atoms with Crippen molar-refractivity contribution in [2.45, 2.75) is 25.8 Å². The molecule has 0 radical (unpaired) electrons. The number of aliphatic carboxylic acids is 1. The summed E-state index contributed by atoms with van der Waals surface area (Å²) in [6.45, 7) is 2.36. The zero-order valence-corrected chi connectivity index (χ0v) is 8.75. The Morgan fingerprint density at radius 3 is 2.71 bits per heavy atom. The highest BCUT2D eigenvalue weighted by Gasteiger charge is 2.38. The smallest absolute Gasteiger partial charge is 0.323 e. The van der Waals surface area contributed by atoms with E-state index in [0.717, 1.165) is 12.8 Å². The number of carboxylic acid groups (broad SMARTS) is 1. The highest BCUT2D eigenvalue weighted by Crippen LogP contribution is 2.11. The van der Waals surface area contributed by atoms with Crippen molar-refractivity contribution in [3.63, 3.8) is 0 Å². The molecule has 0 amide bonds. The van der Waals surface area contributed by atoms with E-state index in [2.05, 4.69) is 4.72 Å². The number of rotatable bonds is 4. The summed E-state index contributed by atoms with van der Waals surface area (Å²) in [4.78, 5) is 10.6. The molecule has 1 saturated heterocycles. The van der Waals surface area contributed by atoms with Crippen LogP contribution in [0.5, 0.6) is 0 Å². The molecular weight excluding hydrogens is 208 g/mol. The molecule has 1 fully saturated rings. The van der Waals surface area contributed by atoms with Crippen molar-refractivity contribution in [1.29, 1.82) is 0 Å². The Bertz CT molecular complexity index is 314. The second-order valence-electron chi connectivity index (χ2n) is 3.23. The molecule has 7 heteroatoms. The second-order valence-corrected chi connectivity index (χ2v) is 4.93. The lowest BCUT2D eigenvalue weighted by atomic mass is 10.3. The van der Waals surface area contributed by atoms with Crippen molar-refractivity contribution in [2.75, 3.05) is 13.1 Å². The monoisotopic (exact) mass is 222 g/mol. The lowest BCUT2D eigenvalue weighted by Crippen LogP contribution is -2.34. The Hall–Kier alpha value is -0.660. The van der Waals surface area contributed by atoms with Gasteiger partial charge in [-0.25, -0.2) is 0 Å². The largest absolute Gasteiger partial charge is 0.480 e. The summed E-state index contributed by atoms with van der Waals surface area (Å²) >= 11 is 0. The lowest BCUT2D eigenvalue weighted by molar-refractivity contribution is -0.138. The molecule has 6 nitrogen and oxygen atoms in total. The van der Waals surface area contributed by atoms with Crippen molar-refractivity contribution in [1.82, 2.24) is 9.03 Å². The van der Waals surface area contributed by atoms with E-state index >= 15 is 0 Å². The third-order valence-corrected chi connectivity index (χ3v) is 3.67. The number of carbonyl (C=O) groups is 1. The van der Waals surface area contributed by atoms with Crippen LogP contribution in [-0.2, 0) is 15.0 Å². The Morgan fingerprint density at radius 2 is 2.29 bits per heavy atom. The van der Waals surface area contributed by atoms with Crippen LogP contribution in [0.4, 0.5) is 0 Å². The lowest BCUT2D eigenvalue weighted by Gasteiger charge is -2.11. The number of nitrogens with zero attached hydrogens (tertiary/aromatic N) is 1. The topological polar surface area (TPSA) is 86.7 Å². The average Bonchev–Trinajstić information content (AvgIpc) is 2.38. The van der Waals surface area contributed by atoms with Gasteiger partial charge >= 0.3 is 5.97 Å². The number of hydrogen-bond donors (Lipinski definition) is 2. The summed E-state index contributed by atoms with van der Waals surface area (Å²) in [5, 5.41) is 8.64. The quantitative estimate of drug-likeness (QED) is 0.664. The molecule has 1 rings (SSSR count). The van der Waals surface area contributed by atoms with Crippen molar-refractivity contribution in [3.8, 4) is 0 Å². The van der Waals surface area contributed by atoms with E-state index in [1.807, 2.05) is 6.92 Å². The Labute approximate surface area is 83.1 Å². The van der Waals surface area contributed by atoms with Crippen molar-refractivity contribution in [2.24, 2.45) is 0 Å².